The van der Waals surface area contributed by atoms with Gasteiger partial charge in [0.2, 0.25) is 0 Å². The summed E-state index contributed by atoms with van der Waals surface area (Å²) in [6.07, 6.45) is -0.0416. The average molecular weight is 363 g/mol. The molecule has 2 fully saturated rings. The van der Waals surface area contributed by atoms with E-state index in [1.165, 1.54) is 6.07 Å². The van der Waals surface area contributed by atoms with Crippen LogP contribution in [0.3, 0.4) is 0 Å². The second kappa shape index (κ2) is 6.62. The number of aryl methyl sites for hydroxylation is 1. The second-order valence-corrected chi connectivity index (χ2v) is 8.22. The molecule has 1 atom stereocenters. The molecule has 0 radical (unpaired) electrons. The first kappa shape index (κ1) is 19.3. The molecule has 0 N–H and O–H groups in total. The fraction of sp³-hybridized carbons (Fsp3) is 0.632. The molecule has 0 aromatic heterocycles. The van der Waals surface area contributed by atoms with E-state index in [2.05, 4.69) is 0 Å². The lowest BCUT2D eigenvalue weighted by Crippen LogP contribution is -2.45. The summed E-state index contributed by atoms with van der Waals surface area (Å²) < 4.78 is 32.3. The smallest absolute Gasteiger partial charge is 0.399 e. The Morgan fingerprint density at radius 3 is 2.38 bits per heavy atom. The number of hydrogen-bond donors (Lipinski definition) is 0. The van der Waals surface area contributed by atoms with Crippen LogP contribution in [0.2, 0.25) is 0 Å². The number of carbonyl (C=O) groups is 1. The first-order chi connectivity index (χ1) is 12.0. The predicted octanol–water partition coefficient (Wildman–Crippen LogP) is 2.29. The third-order valence-electron chi connectivity index (χ3n) is 5.58. The molecule has 0 saturated carbocycles. The zero-order valence-electron chi connectivity index (χ0n) is 16.4. The molecule has 26 heavy (non-hydrogen) atoms. The van der Waals surface area contributed by atoms with E-state index in [9.17, 15) is 9.18 Å². The van der Waals surface area contributed by atoms with Gasteiger partial charge in [-0.25, -0.2) is 4.39 Å². The van der Waals surface area contributed by atoms with Crippen LogP contribution in [0.15, 0.2) is 12.1 Å². The minimum Gasteiger partial charge on any atom is -0.399 e. The lowest BCUT2D eigenvalue weighted by Gasteiger charge is -2.32. The van der Waals surface area contributed by atoms with Gasteiger partial charge in [0.25, 0.3) is 5.91 Å². The van der Waals surface area contributed by atoms with E-state index in [-0.39, 0.29) is 17.6 Å². The van der Waals surface area contributed by atoms with Crippen LogP contribution in [-0.4, -0.2) is 54.9 Å². The highest BCUT2D eigenvalue weighted by Crippen LogP contribution is 2.36. The van der Waals surface area contributed by atoms with Gasteiger partial charge < -0.3 is 18.9 Å². The Morgan fingerprint density at radius 1 is 1.23 bits per heavy atom. The molecule has 5 nitrogen and oxygen atoms in total. The van der Waals surface area contributed by atoms with Crippen molar-refractivity contribution in [2.75, 3.05) is 19.7 Å². The maximum absolute atomic E-state index is 14.9. The fourth-order valence-electron chi connectivity index (χ4n) is 3.32. The Hall–Kier alpha value is -1.44. The van der Waals surface area contributed by atoms with Gasteiger partial charge >= 0.3 is 7.12 Å². The van der Waals surface area contributed by atoms with Gasteiger partial charge in [-0.3, -0.25) is 4.79 Å². The van der Waals surface area contributed by atoms with Crippen LogP contribution in [0, 0.1) is 12.7 Å². The van der Waals surface area contributed by atoms with E-state index in [0.717, 1.165) is 0 Å². The van der Waals surface area contributed by atoms with Gasteiger partial charge in [-0.1, -0.05) is 6.07 Å². The molecule has 2 aliphatic rings. The van der Waals surface area contributed by atoms with Crippen molar-refractivity contribution in [3.8, 4) is 0 Å². The Bertz CT molecular complexity index is 682. The molecule has 1 aromatic rings. The molecule has 0 aliphatic carbocycles. The van der Waals surface area contributed by atoms with Gasteiger partial charge in [0.05, 0.1) is 29.5 Å². The molecule has 3 rings (SSSR count). The SMILES string of the molecule is Cc1cc(B2OC(C)(C)C(C)(C)O2)cc(F)c1C(=O)N1CCOC(C)C1. The number of amides is 1. The number of nitrogens with zero attached hydrogens (tertiary/aromatic N) is 1. The molecule has 7 heteroatoms. The number of benzene rings is 1. The fourth-order valence-corrected chi connectivity index (χ4v) is 3.32. The highest BCUT2D eigenvalue weighted by molar-refractivity contribution is 6.62. The Labute approximate surface area is 154 Å². The third-order valence-corrected chi connectivity index (χ3v) is 5.58. The van der Waals surface area contributed by atoms with Crippen LogP contribution in [0.25, 0.3) is 0 Å². The minimum atomic E-state index is -0.652. The molecule has 1 aromatic carbocycles. The normalized spacial score (nSPS) is 24.8. The topological polar surface area (TPSA) is 48.0 Å². The summed E-state index contributed by atoms with van der Waals surface area (Å²) in [4.78, 5) is 14.4. The average Bonchev–Trinajstić information content (AvgIpc) is 2.74. The number of hydrogen-bond acceptors (Lipinski definition) is 4. The zero-order valence-corrected chi connectivity index (χ0v) is 16.4. The van der Waals surface area contributed by atoms with Gasteiger partial charge in [0.15, 0.2) is 0 Å². The van der Waals surface area contributed by atoms with E-state index < -0.39 is 24.1 Å². The van der Waals surface area contributed by atoms with Crippen molar-refractivity contribution < 1.29 is 23.2 Å². The summed E-state index contributed by atoms with van der Waals surface area (Å²) in [5, 5.41) is 0. The summed E-state index contributed by atoms with van der Waals surface area (Å²) in [6.45, 7) is 12.9. The van der Waals surface area contributed by atoms with Crippen molar-refractivity contribution in [2.45, 2.75) is 58.8 Å². The summed E-state index contributed by atoms with van der Waals surface area (Å²) >= 11 is 0. The molecule has 0 bridgehead atoms. The van der Waals surface area contributed by atoms with Crippen LogP contribution in [0.5, 0.6) is 0 Å². The van der Waals surface area contributed by atoms with Crippen LogP contribution in [0.4, 0.5) is 4.39 Å². The molecule has 142 valence electrons. The highest BCUT2D eigenvalue weighted by Gasteiger charge is 2.52. The lowest BCUT2D eigenvalue weighted by molar-refractivity contribution is -0.0126. The molecule has 2 heterocycles. The van der Waals surface area contributed by atoms with Crippen molar-refractivity contribution in [1.29, 1.82) is 0 Å². The van der Waals surface area contributed by atoms with E-state index in [0.29, 0.717) is 30.7 Å². The maximum atomic E-state index is 14.9. The van der Waals surface area contributed by atoms with Gasteiger partial charge in [-0.15, -0.1) is 0 Å². The van der Waals surface area contributed by atoms with Gasteiger partial charge in [-0.05, 0) is 58.6 Å². The van der Waals surface area contributed by atoms with Gasteiger partial charge in [0, 0.05) is 13.1 Å². The first-order valence-electron chi connectivity index (χ1n) is 9.08. The van der Waals surface area contributed by atoms with Crippen molar-refractivity contribution in [1.82, 2.24) is 4.90 Å². The number of morpholine rings is 1. The van der Waals surface area contributed by atoms with Crippen molar-refractivity contribution in [2.24, 2.45) is 0 Å². The quantitative estimate of drug-likeness (QED) is 0.757. The third kappa shape index (κ3) is 3.40. The second-order valence-electron chi connectivity index (χ2n) is 8.22. The van der Waals surface area contributed by atoms with Crippen LogP contribution >= 0.6 is 0 Å². The van der Waals surface area contributed by atoms with E-state index in [1.54, 1.807) is 17.9 Å². The number of halogens is 1. The van der Waals surface area contributed by atoms with Crippen molar-refractivity contribution >= 4 is 18.5 Å². The van der Waals surface area contributed by atoms with Crippen LogP contribution in [-0.2, 0) is 14.0 Å². The number of rotatable bonds is 2. The van der Waals surface area contributed by atoms with Gasteiger partial charge in [0.1, 0.15) is 5.82 Å². The molecule has 0 spiro atoms. The van der Waals surface area contributed by atoms with E-state index in [4.69, 9.17) is 14.0 Å². The van der Waals surface area contributed by atoms with Crippen molar-refractivity contribution in [3.05, 3.63) is 29.1 Å². The standard InChI is InChI=1S/C19H27BFNO4/c1-12-9-14(20-25-18(3,4)19(5,6)26-20)10-15(21)16(12)17(23)22-7-8-24-13(2)11-22/h9-10,13H,7-8,11H2,1-6H3. The Morgan fingerprint density at radius 2 is 1.85 bits per heavy atom. The molecule has 1 amide bonds. The lowest BCUT2D eigenvalue weighted by atomic mass is 9.77. The monoisotopic (exact) mass is 363 g/mol. The minimum absolute atomic E-state index is 0.0416. The van der Waals surface area contributed by atoms with Crippen LogP contribution in [0.1, 0.15) is 50.5 Å². The Balaban J connectivity index is 1.86. The zero-order chi connectivity index (χ0) is 19.3. The molecular formula is C19H27BFNO4. The first-order valence-corrected chi connectivity index (χ1v) is 9.08. The van der Waals surface area contributed by atoms with E-state index in [1.807, 2.05) is 34.6 Å². The largest absolute Gasteiger partial charge is 0.494 e. The summed E-state index contributed by atoms with van der Waals surface area (Å²) in [5.41, 5.74) is 0.282. The highest BCUT2D eigenvalue weighted by atomic mass is 19.1. The van der Waals surface area contributed by atoms with Crippen LogP contribution < -0.4 is 5.46 Å². The van der Waals surface area contributed by atoms with E-state index >= 15 is 0 Å². The van der Waals surface area contributed by atoms with Gasteiger partial charge in [-0.2, -0.15) is 0 Å². The Kier molecular flexibility index (Phi) is 4.92. The molecule has 2 aliphatic heterocycles. The number of carbonyl (C=O) groups excluding carboxylic acids is 1. The summed E-state index contributed by atoms with van der Waals surface area (Å²) in [6, 6.07) is 3.13. The number of ether oxygens (including phenoxy) is 1. The van der Waals surface area contributed by atoms with Crippen molar-refractivity contribution in [3.63, 3.8) is 0 Å². The molecular weight excluding hydrogens is 336 g/mol. The molecule has 2 saturated heterocycles. The maximum Gasteiger partial charge on any atom is 0.494 e. The summed E-state index contributed by atoms with van der Waals surface area (Å²) in [7, 11) is -0.652. The molecule has 1 unspecified atom stereocenters. The summed E-state index contributed by atoms with van der Waals surface area (Å²) in [5.74, 6) is -0.838. The predicted molar refractivity (Wildman–Crippen MR) is 98.2 cm³/mol.